The van der Waals surface area contributed by atoms with Crippen LogP contribution in [0, 0.1) is 21.4 Å². The number of hydrogen-bond acceptors (Lipinski definition) is 9. The Morgan fingerprint density at radius 3 is 2.37 bits per heavy atom. The number of β-lactam (4-membered cyclic amide) rings is 1. The quantitative estimate of drug-likeness (QED) is 0.259. The highest BCUT2D eigenvalue weighted by Gasteiger charge is 2.66. The molecule has 2 amide bonds. The number of piperazine rings is 1. The summed E-state index contributed by atoms with van der Waals surface area (Å²) < 4.78 is 0. The van der Waals surface area contributed by atoms with Crippen LogP contribution in [0.4, 0.5) is 5.69 Å². The zero-order valence-corrected chi connectivity index (χ0v) is 24.5. The Balaban J connectivity index is 1.44. The van der Waals surface area contributed by atoms with Gasteiger partial charge in [-0.1, -0.05) is 19.1 Å². The molecule has 0 aromatic heterocycles. The summed E-state index contributed by atoms with van der Waals surface area (Å²) in [5, 5.41) is 31.9. The molecule has 1 aromatic rings. The van der Waals surface area contributed by atoms with Crippen LogP contribution in [0.3, 0.4) is 0 Å². The third-order valence-corrected chi connectivity index (χ3v) is 10.7. The number of carboxylic acids is 1. The molecule has 41 heavy (non-hydrogen) atoms. The molecule has 13 heteroatoms. The van der Waals surface area contributed by atoms with Crippen LogP contribution in [0.2, 0.25) is 0 Å². The second-order valence-corrected chi connectivity index (χ2v) is 13.3. The lowest BCUT2D eigenvalue weighted by Crippen LogP contribution is -2.66. The van der Waals surface area contributed by atoms with Crippen LogP contribution < -0.4 is 0 Å². The Morgan fingerprint density at radius 1 is 1.17 bits per heavy atom. The molecule has 0 aliphatic carbocycles. The summed E-state index contributed by atoms with van der Waals surface area (Å²) in [5.41, 5.74) is -0.211. The number of nitro groups is 1. The van der Waals surface area contributed by atoms with Gasteiger partial charge in [0.05, 0.1) is 29.0 Å². The molecule has 2 N–H and O–H groups in total. The van der Waals surface area contributed by atoms with Gasteiger partial charge in [-0.3, -0.25) is 24.6 Å². The number of aliphatic hydroxyl groups is 1. The van der Waals surface area contributed by atoms with Gasteiger partial charge in [-0.15, -0.1) is 11.8 Å². The number of non-ortho nitro benzene ring substituents is 1. The van der Waals surface area contributed by atoms with E-state index in [0.29, 0.717) is 37.4 Å². The Morgan fingerprint density at radius 2 is 1.80 bits per heavy atom. The van der Waals surface area contributed by atoms with Gasteiger partial charge in [-0.25, -0.2) is 4.79 Å². The fraction of sp³-hybridized carbons (Fsp3) is 0.607. The number of benzene rings is 1. The van der Waals surface area contributed by atoms with E-state index in [-0.39, 0.29) is 28.6 Å². The second-order valence-electron chi connectivity index (χ2n) is 12.0. The van der Waals surface area contributed by atoms with Gasteiger partial charge in [0.25, 0.3) is 5.69 Å². The average molecular weight is 588 g/mol. The van der Waals surface area contributed by atoms with E-state index in [1.807, 2.05) is 30.8 Å². The van der Waals surface area contributed by atoms with Gasteiger partial charge in [0.15, 0.2) is 0 Å². The van der Waals surface area contributed by atoms with Crippen LogP contribution in [0.15, 0.2) is 34.9 Å². The zero-order chi connectivity index (χ0) is 29.8. The van der Waals surface area contributed by atoms with Crippen molar-refractivity contribution in [3.8, 4) is 0 Å². The molecule has 4 heterocycles. The number of likely N-dealkylation sites (tertiary alicyclic amines) is 1. The molecule has 0 spiro atoms. The van der Waals surface area contributed by atoms with Crippen LogP contribution >= 0.6 is 11.8 Å². The van der Waals surface area contributed by atoms with Crippen molar-refractivity contribution in [3.05, 3.63) is 50.5 Å². The van der Waals surface area contributed by atoms with Gasteiger partial charge in [0.1, 0.15) is 5.70 Å². The minimum atomic E-state index is -1.21. The van der Waals surface area contributed by atoms with Crippen LogP contribution in [0.1, 0.15) is 25.8 Å². The van der Waals surface area contributed by atoms with Gasteiger partial charge < -0.3 is 24.9 Å². The van der Waals surface area contributed by atoms with Crippen molar-refractivity contribution in [3.63, 3.8) is 0 Å². The molecule has 0 radical (unpaired) electrons. The summed E-state index contributed by atoms with van der Waals surface area (Å²) >= 11 is 1.42. The summed E-state index contributed by atoms with van der Waals surface area (Å²) in [6.45, 7) is 7.04. The number of carbonyl (C=O) groups excluding carboxylic acids is 2. The van der Waals surface area contributed by atoms with Gasteiger partial charge in [0, 0.05) is 60.4 Å². The van der Waals surface area contributed by atoms with Crippen molar-refractivity contribution in [1.82, 2.24) is 19.6 Å². The van der Waals surface area contributed by atoms with E-state index in [2.05, 4.69) is 4.90 Å². The second kappa shape index (κ2) is 11.0. The topological polar surface area (TPSA) is 148 Å². The molecule has 6 atom stereocenters. The number of thioether (sulfide) groups is 1. The maximum Gasteiger partial charge on any atom is 0.353 e. The molecule has 1 aromatic carbocycles. The van der Waals surface area contributed by atoms with E-state index in [0.717, 1.165) is 18.7 Å². The van der Waals surface area contributed by atoms with Crippen LogP contribution in [-0.2, 0) is 20.8 Å². The van der Waals surface area contributed by atoms with Crippen molar-refractivity contribution >= 4 is 35.2 Å². The first-order valence-corrected chi connectivity index (χ1v) is 14.8. The first-order chi connectivity index (χ1) is 19.3. The third-order valence-electron chi connectivity index (χ3n) is 9.10. The fourth-order valence-corrected chi connectivity index (χ4v) is 8.57. The molecule has 4 aliphatic heterocycles. The largest absolute Gasteiger partial charge is 0.477 e. The van der Waals surface area contributed by atoms with E-state index in [9.17, 15) is 34.7 Å². The van der Waals surface area contributed by atoms with Gasteiger partial charge in [0.2, 0.25) is 11.8 Å². The maximum absolute atomic E-state index is 13.4. The number of aliphatic hydroxyl groups excluding tert-OH is 1. The Hall–Kier alpha value is -3.00. The maximum atomic E-state index is 13.4. The standard InChI is InChI=1S/C28H37N5O7S/c1-16(34)21-23-28(2,14-17-5-7-18(8-6-17)33(39)40)24(22(27(37)38)32(23)26(21)36)41-19-13-20(30(4)15-19)25(35)31-11-9-29(3)10-12-31/h5-8,16,19-21,23,34H,9-15H2,1-4H3,(H,37,38)/t16-,19+,20+,21-,23+,28-/m1/s1. The Labute approximate surface area is 243 Å². The molecule has 5 rings (SSSR count). The van der Waals surface area contributed by atoms with Gasteiger partial charge in [-0.05, 0) is 39.4 Å². The molecule has 3 fully saturated rings. The first-order valence-electron chi connectivity index (χ1n) is 13.9. The highest BCUT2D eigenvalue weighted by Crippen LogP contribution is 2.60. The predicted octanol–water partition coefficient (Wildman–Crippen LogP) is 1.24. The van der Waals surface area contributed by atoms with Crippen LogP contribution in [-0.4, -0.2) is 123 Å². The van der Waals surface area contributed by atoms with Crippen molar-refractivity contribution < 1.29 is 29.5 Å². The summed E-state index contributed by atoms with van der Waals surface area (Å²) in [7, 11) is 3.95. The smallest absolute Gasteiger partial charge is 0.353 e. The number of aliphatic carboxylic acids is 1. The Bertz CT molecular complexity index is 1280. The number of carboxylic acid groups (broad SMARTS) is 1. The molecule has 0 unspecified atom stereocenters. The number of carbonyl (C=O) groups is 3. The molecule has 222 valence electrons. The number of nitro benzene ring substituents is 1. The number of fused-ring (bicyclic) bond motifs is 1. The van der Waals surface area contributed by atoms with Crippen molar-refractivity contribution in [1.29, 1.82) is 0 Å². The molecule has 0 bridgehead atoms. The molecular formula is C28H37N5O7S. The lowest BCUT2D eigenvalue weighted by atomic mass is 9.67. The minimum absolute atomic E-state index is 0.0472. The van der Waals surface area contributed by atoms with E-state index in [1.54, 1.807) is 12.1 Å². The molecular weight excluding hydrogens is 550 g/mol. The first kappa shape index (κ1) is 29.5. The van der Waals surface area contributed by atoms with Crippen LogP contribution in [0.25, 0.3) is 0 Å². The minimum Gasteiger partial charge on any atom is -0.477 e. The zero-order valence-electron chi connectivity index (χ0n) is 23.7. The molecule has 12 nitrogen and oxygen atoms in total. The molecule has 3 saturated heterocycles. The van der Waals surface area contributed by atoms with E-state index >= 15 is 0 Å². The number of hydrogen-bond donors (Lipinski definition) is 2. The predicted molar refractivity (Wildman–Crippen MR) is 152 cm³/mol. The number of rotatable bonds is 8. The SMILES string of the molecule is C[C@@H](O)[C@H]1C(=O)N2C(C(=O)O)=C(S[C@H]3C[C@@H](C(=O)N4CCN(C)CC4)N(C)C3)[C@](C)(Cc3ccc([N+](=O)[O-])cc3)[C@H]12. The normalized spacial score (nSPS) is 31.3. The molecule has 0 saturated carbocycles. The summed E-state index contributed by atoms with van der Waals surface area (Å²) in [6.07, 6.45) is -0.0921. The highest BCUT2D eigenvalue weighted by atomic mass is 32.2. The lowest BCUT2D eigenvalue weighted by molar-refractivity contribution is -0.384. The van der Waals surface area contributed by atoms with E-state index < -0.39 is 40.3 Å². The average Bonchev–Trinajstić information content (AvgIpc) is 3.37. The third kappa shape index (κ3) is 5.13. The van der Waals surface area contributed by atoms with E-state index in [4.69, 9.17) is 0 Å². The summed E-state index contributed by atoms with van der Waals surface area (Å²) in [5.74, 6) is -2.30. The van der Waals surface area contributed by atoms with Crippen molar-refractivity contribution in [2.24, 2.45) is 11.3 Å². The van der Waals surface area contributed by atoms with E-state index in [1.165, 1.54) is 35.7 Å². The van der Waals surface area contributed by atoms with Crippen LogP contribution in [0.5, 0.6) is 0 Å². The monoisotopic (exact) mass is 587 g/mol. The number of likely N-dealkylation sites (N-methyl/N-ethyl adjacent to an activating group) is 2. The van der Waals surface area contributed by atoms with Crippen molar-refractivity contribution in [2.75, 3.05) is 46.8 Å². The highest BCUT2D eigenvalue weighted by molar-refractivity contribution is 8.03. The summed E-state index contributed by atoms with van der Waals surface area (Å²) in [4.78, 5) is 57.9. The fourth-order valence-electron chi connectivity index (χ4n) is 6.89. The lowest BCUT2D eigenvalue weighted by Gasteiger charge is -2.51. The molecule has 4 aliphatic rings. The van der Waals surface area contributed by atoms with Gasteiger partial charge >= 0.3 is 5.97 Å². The van der Waals surface area contributed by atoms with Gasteiger partial charge in [-0.2, -0.15) is 0 Å². The number of amides is 2. The number of nitrogens with zero attached hydrogens (tertiary/aromatic N) is 5. The Kier molecular flexibility index (Phi) is 7.92. The summed E-state index contributed by atoms with van der Waals surface area (Å²) in [6, 6.07) is 5.26. The van der Waals surface area contributed by atoms with Crippen molar-refractivity contribution in [2.45, 2.75) is 50.1 Å².